The summed E-state index contributed by atoms with van der Waals surface area (Å²) in [5, 5.41) is 3.60. The van der Waals surface area contributed by atoms with Crippen LogP contribution in [0.1, 0.15) is 31.9 Å². The van der Waals surface area contributed by atoms with Gasteiger partial charge in [0.2, 0.25) is 11.8 Å². The molecule has 0 fully saturated rings. The number of hydrogen-bond donors (Lipinski definition) is 1. The smallest absolute Gasteiger partial charge is 0.264 e. The summed E-state index contributed by atoms with van der Waals surface area (Å²) in [6.45, 7) is 7.18. The first-order chi connectivity index (χ1) is 19.3. The van der Waals surface area contributed by atoms with Gasteiger partial charge in [-0.1, -0.05) is 66.9 Å². The van der Waals surface area contributed by atoms with E-state index in [2.05, 4.69) is 5.32 Å². The number of carbonyl (C=O) groups excluding carboxylic acids is 2. The molecule has 3 aromatic carbocycles. The van der Waals surface area contributed by atoms with Crippen LogP contribution in [0.3, 0.4) is 0 Å². The van der Waals surface area contributed by atoms with Gasteiger partial charge in [-0.3, -0.25) is 13.9 Å². The first-order valence-electron chi connectivity index (χ1n) is 13.1. The van der Waals surface area contributed by atoms with Crippen LogP contribution in [0.2, 0.25) is 10.0 Å². The van der Waals surface area contributed by atoms with Crippen molar-refractivity contribution < 1.29 is 22.7 Å². The Labute approximate surface area is 252 Å². The zero-order valence-electron chi connectivity index (χ0n) is 23.7. The Hall–Kier alpha value is -3.27. The van der Waals surface area contributed by atoms with Crippen molar-refractivity contribution in [3.8, 4) is 5.75 Å². The molecule has 0 heterocycles. The first kappa shape index (κ1) is 32.2. The number of methoxy groups -OCH3 is 1. The molecule has 0 aliphatic rings. The number of nitrogens with one attached hydrogen (secondary N) is 1. The summed E-state index contributed by atoms with van der Waals surface area (Å²) in [6.07, 6.45) is 0. The Morgan fingerprint density at radius 3 is 2.27 bits per heavy atom. The van der Waals surface area contributed by atoms with Gasteiger partial charge < -0.3 is 15.0 Å². The number of anilines is 1. The Bertz CT molecular complexity index is 1480. The normalized spacial score (nSPS) is 12.1. The van der Waals surface area contributed by atoms with Crippen LogP contribution in [-0.2, 0) is 26.2 Å². The first-order valence-corrected chi connectivity index (χ1v) is 15.3. The fourth-order valence-electron chi connectivity index (χ4n) is 4.00. The number of amides is 2. The van der Waals surface area contributed by atoms with E-state index in [1.54, 1.807) is 55.5 Å². The lowest BCUT2D eigenvalue weighted by Crippen LogP contribution is -2.51. The highest BCUT2D eigenvalue weighted by Gasteiger charge is 2.33. The Morgan fingerprint density at radius 2 is 1.66 bits per heavy atom. The van der Waals surface area contributed by atoms with Gasteiger partial charge in [0, 0.05) is 29.2 Å². The van der Waals surface area contributed by atoms with Crippen molar-refractivity contribution in [2.45, 2.75) is 45.2 Å². The highest BCUT2D eigenvalue weighted by atomic mass is 35.5. The van der Waals surface area contributed by atoms with Crippen molar-refractivity contribution in [2.75, 3.05) is 24.5 Å². The Balaban J connectivity index is 2.05. The largest absolute Gasteiger partial charge is 0.497 e. The number of rotatable bonds is 12. The third-order valence-corrected chi connectivity index (χ3v) is 8.81. The van der Waals surface area contributed by atoms with Crippen LogP contribution in [0, 0.1) is 12.8 Å². The van der Waals surface area contributed by atoms with Crippen LogP contribution < -0.4 is 14.4 Å². The van der Waals surface area contributed by atoms with E-state index in [1.807, 2.05) is 20.8 Å². The summed E-state index contributed by atoms with van der Waals surface area (Å²) in [6, 6.07) is 16.7. The monoisotopic (exact) mass is 619 g/mol. The fraction of sp³-hybridized carbons (Fsp3) is 0.333. The van der Waals surface area contributed by atoms with Crippen molar-refractivity contribution in [3.63, 3.8) is 0 Å². The highest BCUT2D eigenvalue weighted by Crippen LogP contribution is 2.28. The van der Waals surface area contributed by atoms with E-state index < -0.39 is 28.5 Å². The van der Waals surface area contributed by atoms with Gasteiger partial charge in [-0.25, -0.2) is 8.42 Å². The van der Waals surface area contributed by atoms with Crippen molar-refractivity contribution >= 4 is 50.7 Å². The van der Waals surface area contributed by atoms with Crippen molar-refractivity contribution in [1.29, 1.82) is 0 Å². The van der Waals surface area contributed by atoms with Gasteiger partial charge in [0.25, 0.3) is 10.0 Å². The molecule has 0 bridgehead atoms. The summed E-state index contributed by atoms with van der Waals surface area (Å²) in [7, 11) is -2.72. The molecule has 1 unspecified atom stereocenters. The quantitative estimate of drug-likeness (QED) is 0.281. The van der Waals surface area contributed by atoms with Crippen LogP contribution in [-0.4, -0.2) is 51.4 Å². The lowest BCUT2D eigenvalue weighted by Gasteiger charge is -2.32. The number of benzene rings is 3. The number of hydrogen-bond acceptors (Lipinski definition) is 5. The average molecular weight is 621 g/mol. The highest BCUT2D eigenvalue weighted by molar-refractivity contribution is 7.92. The van der Waals surface area contributed by atoms with Gasteiger partial charge >= 0.3 is 0 Å². The Kier molecular flexibility index (Phi) is 11.1. The molecule has 0 spiro atoms. The second-order valence-electron chi connectivity index (χ2n) is 10.1. The van der Waals surface area contributed by atoms with Gasteiger partial charge in [-0.15, -0.1) is 0 Å². The summed E-state index contributed by atoms with van der Waals surface area (Å²) in [5.41, 5.74) is 1.68. The predicted octanol–water partition coefficient (Wildman–Crippen LogP) is 5.70. The van der Waals surface area contributed by atoms with Crippen molar-refractivity contribution in [3.05, 3.63) is 87.9 Å². The van der Waals surface area contributed by atoms with Crippen LogP contribution in [0.25, 0.3) is 0 Å². The van der Waals surface area contributed by atoms with Crippen LogP contribution in [0.5, 0.6) is 5.75 Å². The van der Waals surface area contributed by atoms with Crippen molar-refractivity contribution in [2.24, 2.45) is 5.92 Å². The van der Waals surface area contributed by atoms with Gasteiger partial charge in [0.15, 0.2) is 0 Å². The molecule has 41 heavy (non-hydrogen) atoms. The third-order valence-electron chi connectivity index (χ3n) is 6.44. The van der Waals surface area contributed by atoms with Crippen LogP contribution in [0.15, 0.2) is 71.6 Å². The van der Waals surface area contributed by atoms with E-state index in [9.17, 15) is 18.0 Å². The van der Waals surface area contributed by atoms with Crippen molar-refractivity contribution in [1.82, 2.24) is 10.2 Å². The van der Waals surface area contributed by atoms with Crippen LogP contribution in [0.4, 0.5) is 5.69 Å². The number of ether oxygens (including phenoxy) is 1. The third kappa shape index (κ3) is 8.38. The molecule has 0 aliphatic heterocycles. The SMILES string of the molecule is COc1cccc(N(CC(=O)N(Cc2ccc(Cl)cc2Cl)C(C)C(=O)NCC(C)C)S(=O)(=O)c2ccc(C)cc2)c1. The minimum absolute atomic E-state index is 0.0220. The number of carbonyl (C=O) groups is 2. The average Bonchev–Trinajstić information content (AvgIpc) is 2.93. The summed E-state index contributed by atoms with van der Waals surface area (Å²) >= 11 is 12.5. The molecule has 3 aromatic rings. The lowest BCUT2D eigenvalue weighted by atomic mass is 10.1. The van der Waals surface area contributed by atoms with Gasteiger partial charge in [0.05, 0.1) is 17.7 Å². The number of aryl methyl sites for hydroxylation is 1. The minimum atomic E-state index is -4.19. The zero-order chi connectivity index (χ0) is 30.3. The van der Waals surface area contributed by atoms with E-state index in [1.165, 1.54) is 30.2 Å². The molecule has 2 amide bonds. The molecular formula is C30H35Cl2N3O5S. The maximum atomic E-state index is 14.0. The van der Waals surface area contributed by atoms with Crippen LogP contribution >= 0.6 is 23.2 Å². The topological polar surface area (TPSA) is 96.0 Å². The molecule has 1 N–H and O–H groups in total. The predicted molar refractivity (Wildman–Crippen MR) is 163 cm³/mol. The molecule has 0 saturated heterocycles. The second kappa shape index (κ2) is 14.1. The zero-order valence-corrected chi connectivity index (χ0v) is 26.1. The standard InChI is InChI=1S/C30H35Cl2N3O5S/c1-20(2)17-33-30(37)22(4)34(18-23-11-12-24(31)15-28(23)32)29(36)19-35(25-7-6-8-26(16-25)40-5)41(38,39)27-13-9-21(3)10-14-27/h6-16,20,22H,17-19H2,1-5H3,(H,33,37). The molecule has 0 aliphatic carbocycles. The minimum Gasteiger partial charge on any atom is -0.497 e. The van der Waals surface area contributed by atoms with E-state index in [-0.39, 0.29) is 29.0 Å². The Morgan fingerprint density at radius 1 is 0.976 bits per heavy atom. The number of sulfonamides is 1. The number of halogens is 2. The maximum absolute atomic E-state index is 14.0. The fourth-order valence-corrected chi connectivity index (χ4v) is 5.87. The summed E-state index contributed by atoms with van der Waals surface area (Å²) in [5.74, 6) is -0.345. The molecule has 0 aromatic heterocycles. The number of nitrogens with zero attached hydrogens (tertiary/aromatic N) is 2. The molecule has 8 nitrogen and oxygen atoms in total. The second-order valence-corrected chi connectivity index (χ2v) is 12.8. The molecule has 3 rings (SSSR count). The molecule has 0 saturated carbocycles. The molecule has 0 radical (unpaired) electrons. The van der Waals surface area contributed by atoms with E-state index in [0.717, 1.165) is 9.87 Å². The van der Waals surface area contributed by atoms with Gasteiger partial charge in [0.1, 0.15) is 18.3 Å². The van der Waals surface area contributed by atoms with Gasteiger partial charge in [-0.05, 0) is 61.7 Å². The van der Waals surface area contributed by atoms with E-state index in [4.69, 9.17) is 27.9 Å². The summed E-state index contributed by atoms with van der Waals surface area (Å²) < 4.78 is 34.2. The molecular weight excluding hydrogens is 585 g/mol. The molecule has 11 heteroatoms. The molecule has 220 valence electrons. The van der Waals surface area contributed by atoms with Gasteiger partial charge in [-0.2, -0.15) is 0 Å². The molecule has 1 atom stereocenters. The van der Waals surface area contributed by atoms with E-state index in [0.29, 0.717) is 27.9 Å². The maximum Gasteiger partial charge on any atom is 0.264 e. The van der Waals surface area contributed by atoms with E-state index >= 15 is 0 Å². The lowest BCUT2D eigenvalue weighted by molar-refractivity contribution is -0.139. The summed E-state index contributed by atoms with van der Waals surface area (Å²) in [4.78, 5) is 28.5.